The van der Waals surface area contributed by atoms with Crippen molar-refractivity contribution in [2.45, 2.75) is 33.1 Å². The number of hydrogen-bond donors (Lipinski definition) is 3. The molecule has 6 heteroatoms. The second-order valence-electron chi connectivity index (χ2n) is 4.56. The van der Waals surface area contributed by atoms with Gasteiger partial charge in [0.2, 0.25) is 5.75 Å². The third kappa shape index (κ3) is 4.37. The van der Waals surface area contributed by atoms with E-state index in [0.717, 1.165) is 18.9 Å². The molecule has 18 heavy (non-hydrogen) atoms. The first-order chi connectivity index (χ1) is 8.69. The van der Waals surface area contributed by atoms with E-state index in [-0.39, 0.29) is 0 Å². The summed E-state index contributed by atoms with van der Waals surface area (Å²) in [5, 5.41) is 3.24. The van der Waals surface area contributed by atoms with E-state index in [4.69, 9.17) is 10.6 Å². The van der Waals surface area contributed by atoms with E-state index >= 15 is 0 Å². The van der Waals surface area contributed by atoms with Crippen LogP contribution in [0.5, 0.6) is 5.75 Å². The Morgan fingerprint density at radius 1 is 1.28 bits per heavy atom. The predicted molar refractivity (Wildman–Crippen MR) is 73.6 cm³/mol. The summed E-state index contributed by atoms with van der Waals surface area (Å²) < 4.78 is 5.23. The first-order valence-corrected chi connectivity index (χ1v) is 6.28. The first-order valence-electron chi connectivity index (χ1n) is 6.28. The first kappa shape index (κ1) is 14.5. The summed E-state index contributed by atoms with van der Waals surface area (Å²) in [5.74, 6) is 7.81. The third-order valence-electron chi connectivity index (χ3n) is 2.65. The van der Waals surface area contributed by atoms with E-state index in [0.29, 0.717) is 17.4 Å². The Hall–Kier alpha value is -1.56. The summed E-state index contributed by atoms with van der Waals surface area (Å²) in [4.78, 5) is 8.13. The molecule has 0 amide bonds. The van der Waals surface area contributed by atoms with Crippen LogP contribution in [-0.2, 0) is 0 Å². The molecule has 0 aliphatic heterocycles. The van der Waals surface area contributed by atoms with Crippen molar-refractivity contribution in [3.8, 4) is 5.75 Å². The van der Waals surface area contributed by atoms with Gasteiger partial charge in [0.15, 0.2) is 11.6 Å². The molecule has 102 valence electrons. The average Bonchev–Trinajstić information content (AvgIpc) is 2.37. The fourth-order valence-corrected chi connectivity index (χ4v) is 1.68. The standard InChI is InChI=1S/C12H23N5O/c1-9(2)6-4-5-7-14-11-10(18-3)12(17-13)16-8-15-11/h8-9H,4-7,13H2,1-3H3,(H2,14,15,16,17). The molecule has 0 aliphatic rings. The zero-order chi connectivity index (χ0) is 13.4. The number of nitrogens with two attached hydrogens (primary N) is 1. The smallest absolute Gasteiger partial charge is 0.205 e. The maximum absolute atomic E-state index is 5.36. The van der Waals surface area contributed by atoms with E-state index in [9.17, 15) is 0 Å². The number of aromatic nitrogens is 2. The van der Waals surface area contributed by atoms with Gasteiger partial charge in [-0.3, -0.25) is 0 Å². The van der Waals surface area contributed by atoms with Gasteiger partial charge in [-0.25, -0.2) is 15.8 Å². The molecular formula is C12H23N5O. The van der Waals surface area contributed by atoms with Crippen molar-refractivity contribution in [3.63, 3.8) is 0 Å². The van der Waals surface area contributed by atoms with Crippen molar-refractivity contribution in [2.75, 3.05) is 24.4 Å². The molecule has 1 heterocycles. The number of nitrogen functional groups attached to an aromatic ring is 1. The van der Waals surface area contributed by atoms with Crippen LogP contribution in [0.25, 0.3) is 0 Å². The van der Waals surface area contributed by atoms with Gasteiger partial charge in [-0.15, -0.1) is 0 Å². The Kier molecular flexibility index (Phi) is 6.21. The molecule has 0 unspecified atom stereocenters. The number of methoxy groups -OCH3 is 1. The van der Waals surface area contributed by atoms with Crippen molar-refractivity contribution in [3.05, 3.63) is 6.33 Å². The van der Waals surface area contributed by atoms with Crippen molar-refractivity contribution >= 4 is 11.6 Å². The fraction of sp³-hybridized carbons (Fsp3) is 0.667. The van der Waals surface area contributed by atoms with Gasteiger partial charge in [0.1, 0.15) is 6.33 Å². The van der Waals surface area contributed by atoms with Gasteiger partial charge >= 0.3 is 0 Å². The molecule has 0 atom stereocenters. The minimum atomic E-state index is 0.484. The maximum Gasteiger partial charge on any atom is 0.205 e. The summed E-state index contributed by atoms with van der Waals surface area (Å²) in [6.07, 6.45) is 5.02. The molecule has 0 aliphatic carbocycles. The Labute approximate surface area is 108 Å². The van der Waals surface area contributed by atoms with Crippen LogP contribution >= 0.6 is 0 Å². The minimum absolute atomic E-state index is 0.484. The van der Waals surface area contributed by atoms with Crippen LogP contribution in [0.15, 0.2) is 6.33 Å². The molecule has 6 nitrogen and oxygen atoms in total. The quantitative estimate of drug-likeness (QED) is 0.373. The third-order valence-corrected chi connectivity index (χ3v) is 2.65. The number of hydrazine groups is 1. The average molecular weight is 253 g/mol. The maximum atomic E-state index is 5.36. The molecule has 0 radical (unpaired) electrons. The number of nitrogens with one attached hydrogen (secondary N) is 2. The Morgan fingerprint density at radius 2 is 2.00 bits per heavy atom. The molecule has 0 aromatic carbocycles. The number of unbranched alkanes of at least 4 members (excludes halogenated alkanes) is 1. The van der Waals surface area contributed by atoms with E-state index in [1.54, 1.807) is 7.11 Å². The van der Waals surface area contributed by atoms with Gasteiger partial charge in [-0.05, 0) is 12.3 Å². The molecule has 1 aromatic rings. The van der Waals surface area contributed by atoms with Crippen LogP contribution in [0.3, 0.4) is 0 Å². The molecular weight excluding hydrogens is 230 g/mol. The number of anilines is 2. The van der Waals surface area contributed by atoms with Crippen LogP contribution in [0.2, 0.25) is 0 Å². The van der Waals surface area contributed by atoms with E-state index in [2.05, 4.69) is 34.6 Å². The number of nitrogens with zero attached hydrogens (tertiary/aromatic N) is 2. The van der Waals surface area contributed by atoms with Crippen molar-refractivity contribution in [1.29, 1.82) is 0 Å². The second-order valence-corrected chi connectivity index (χ2v) is 4.56. The molecule has 4 N–H and O–H groups in total. The van der Waals surface area contributed by atoms with Gasteiger partial charge < -0.3 is 15.5 Å². The van der Waals surface area contributed by atoms with Gasteiger partial charge in [-0.1, -0.05) is 26.7 Å². The van der Waals surface area contributed by atoms with Crippen LogP contribution in [0.4, 0.5) is 11.6 Å². The fourth-order valence-electron chi connectivity index (χ4n) is 1.68. The largest absolute Gasteiger partial charge is 0.490 e. The molecule has 0 saturated heterocycles. The molecule has 1 rings (SSSR count). The summed E-state index contributed by atoms with van der Waals surface area (Å²) in [6, 6.07) is 0. The van der Waals surface area contributed by atoms with Gasteiger partial charge in [-0.2, -0.15) is 0 Å². The van der Waals surface area contributed by atoms with Crippen molar-refractivity contribution in [1.82, 2.24) is 9.97 Å². The highest BCUT2D eigenvalue weighted by Gasteiger charge is 2.10. The minimum Gasteiger partial charge on any atom is -0.490 e. The summed E-state index contributed by atoms with van der Waals surface area (Å²) >= 11 is 0. The zero-order valence-electron chi connectivity index (χ0n) is 11.4. The number of ether oxygens (including phenoxy) is 1. The van der Waals surface area contributed by atoms with Crippen LogP contribution in [-0.4, -0.2) is 23.6 Å². The normalized spacial score (nSPS) is 10.5. The highest BCUT2D eigenvalue weighted by molar-refractivity contribution is 5.62. The number of hydrogen-bond acceptors (Lipinski definition) is 6. The van der Waals surface area contributed by atoms with Crippen molar-refractivity contribution < 1.29 is 4.74 Å². The van der Waals surface area contributed by atoms with Crippen molar-refractivity contribution in [2.24, 2.45) is 11.8 Å². The van der Waals surface area contributed by atoms with E-state index < -0.39 is 0 Å². The highest BCUT2D eigenvalue weighted by Crippen LogP contribution is 2.27. The lowest BCUT2D eigenvalue weighted by molar-refractivity contribution is 0.414. The van der Waals surface area contributed by atoms with E-state index in [1.165, 1.54) is 19.2 Å². The topological polar surface area (TPSA) is 85.1 Å². The zero-order valence-corrected chi connectivity index (χ0v) is 11.4. The predicted octanol–water partition coefficient (Wildman–Crippen LogP) is 2.01. The molecule has 0 spiro atoms. The van der Waals surface area contributed by atoms with Gasteiger partial charge in [0.05, 0.1) is 7.11 Å². The summed E-state index contributed by atoms with van der Waals surface area (Å²) in [5.41, 5.74) is 2.49. The SMILES string of the molecule is COc1c(NN)ncnc1NCCCCC(C)C. The summed E-state index contributed by atoms with van der Waals surface area (Å²) in [7, 11) is 1.57. The van der Waals surface area contributed by atoms with E-state index in [1.807, 2.05) is 0 Å². The Bertz CT molecular complexity index is 356. The van der Waals surface area contributed by atoms with Crippen LogP contribution in [0, 0.1) is 5.92 Å². The molecule has 1 aromatic heterocycles. The molecule has 0 bridgehead atoms. The summed E-state index contributed by atoms with van der Waals surface area (Å²) in [6.45, 7) is 5.34. The molecule has 0 saturated carbocycles. The Balaban J connectivity index is 2.46. The van der Waals surface area contributed by atoms with Crippen LogP contribution in [0.1, 0.15) is 33.1 Å². The van der Waals surface area contributed by atoms with Gasteiger partial charge in [0, 0.05) is 6.54 Å². The van der Waals surface area contributed by atoms with Gasteiger partial charge in [0.25, 0.3) is 0 Å². The lowest BCUT2D eigenvalue weighted by Gasteiger charge is -2.12. The number of rotatable bonds is 8. The lowest BCUT2D eigenvalue weighted by Crippen LogP contribution is -2.13. The monoisotopic (exact) mass is 253 g/mol. The lowest BCUT2D eigenvalue weighted by atomic mass is 10.1. The van der Waals surface area contributed by atoms with Crippen LogP contribution < -0.4 is 21.3 Å². The molecule has 0 fully saturated rings. The Morgan fingerprint density at radius 3 is 2.61 bits per heavy atom. The second kappa shape index (κ2) is 7.71. The highest BCUT2D eigenvalue weighted by atomic mass is 16.5.